The van der Waals surface area contributed by atoms with Crippen LogP contribution in [0.2, 0.25) is 0 Å². The van der Waals surface area contributed by atoms with Crippen LogP contribution < -0.4 is 0 Å². The molecule has 1 aromatic carbocycles. The van der Waals surface area contributed by atoms with Gasteiger partial charge in [-0.1, -0.05) is 82.8 Å². The van der Waals surface area contributed by atoms with Crippen LogP contribution in [0.15, 0.2) is 60.7 Å². The summed E-state index contributed by atoms with van der Waals surface area (Å²) in [6.45, 7) is 15.6. The molecule has 1 aliphatic carbocycles. The van der Waals surface area contributed by atoms with Crippen LogP contribution in [0.4, 0.5) is 0 Å². The SMILES string of the molecule is C=C/C(=C\C=C/C)C(C)(C)CC1(C)CC(C)c2ccccc21. The van der Waals surface area contributed by atoms with Crippen molar-refractivity contribution in [1.82, 2.24) is 0 Å². The second-order valence-corrected chi connectivity index (χ2v) is 7.67. The van der Waals surface area contributed by atoms with E-state index in [9.17, 15) is 0 Å². The first-order valence-corrected chi connectivity index (χ1v) is 8.39. The Kier molecular flexibility index (Phi) is 4.80. The summed E-state index contributed by atoms with van der Waals surface area (Å²) >= 11 is 0. The van der Waals surface area contributed by atoms with Gasteiger partial charge >= 0.3 is 0 Å². The average Bonchev–Trinajstić information content (AvgIpc) is 2.70. The van der Waals surface area contributed by atoms with E-state index in [2.05, 4.69) is 83.7 Å². The zero-order valence-electron chi connectivity index (χ0n) is 14.8. The monoisotopic (exact) mass is 294 g/mol. The highest BCUT2D eigenvalue weighted by molar-refractivity contribution is 5.42. The van der Waals surface area contributed by atoms with E-state index >= 15 is 0 Å². The summed E-state index contributed by atoms with van der Waals surface area (Å²) in [4.78, 5) is 0. The summed E-state index contributed by atoms with van der Waals surface area (Å²) in [5.41, 5.74) is 4.78. The minimum Gasteiger partial charge on any atom is -0.0988 e. The summed E-state index contributed by atoms with van der Waals surface area (Å²) in [5.74, 6) is 0.656. The van der Waals surface area contributed by atoms with E-state index < -0.39 is 0 Å². The molecule has 0 aliphatic heterocycles. The van der Waals surface area contributed by atoms with Gasteiger partial charge in [-0.3, -0.25) is 0 Å². The van der Waals surface area contributed by atoms with Crippen molar-refractivity contribution in [2.75, 3.05) is 0 Å². The first-order chi connectivity index (χ1) is 10.3. The van der Waals surface area contributed by atoms with Crippen molar-refractivity contribution in [3.63, 3.8) is 0 Å². The quantitative estimate of drug-likeness (QED) is 0.540. The molecule has 0 N–H and O–H groups in total. The van der Waals surface area contributed by atoms with E-state index in [-0.39, 0.29) is 10.8 Å². The number of hydrogen-bond acceptors (Lipinski definition) is 0. The molecule has 2 unspecified atom stereocenters. The Labute approximate surface area is 136 Å². The summed E-state index contributed by atoms with van der Waals surface area (Å²) in [6, 6.07) is 9.00. The molecule has 2 atom stereocenters. The summed E-state index contributed by atoms with van der Waals surface area (Å²) in [5, 5.41) is 0. The number of allylic oxidation sites excluding steroid dienone is 5. The van der Waals surface area contributed by atoms with Gasteiger partial charge in [0, 0.05) is 0 Å². The van der Waals surface area contributed by atoms with Crippen LogP contribution in [0.5, 0.6) is 0 Å². The largest absolute Gasteiger partial charge is 0.0988 e. The predicted octanol–water partition coefficient (Wildman–Crippen LogP) is 6.56. The van der Waals surface area contributed by atoms with Gasteiger partial charge in [0.1, 0.15) is 0 Å². The molecular weight excluding hydrogens is 264 g/mol. The van der Waals surface area contributed by atoms with Gasteiger partial charge in [-0.25, -0.2) is 0 Å². The van der Waals surface area contributed by atoms with Crippen LogP contribution in [-0.2, 0) is 5.41 Å². The standard InChI is InChI=1S/C22H30/c1-7-9-12-18(8-2)21(4,5)16-22(6)15-17(3)19-13-10-11-14-20(19)22/h7-14,17H,2,15-16H2,1,3-6H3/b9-7-,18-12+. The maximum Gasteiger partial charge on any atom is -0.00585 e. The van der Waals surface area contributed by atoms with Gasteiger partial charge in [0.2, 0.25) is 0 Å². The third-order valence-electron chi connectivity index (χ3n) is 5.20. The molecule has 0 heteroatoms. The second-order valence-electron chi connectivity index (χ2n) is 7.67. The Morgan fingerprint density at radius 1 is 1.36 bits per heavy atom. The van der Waals surface area contributed by atoms with Gasteiger partial charge in [0.15, 0.2) is 0 Å². The number of fused-ring (bicyclic) bond motifs is 1. The fourth-order valence-corrected chi connectivity index (χ4v) is 4.39. The lowest BCUT2D eigenvalue weighted by molar-refractivity contribution is 0.283. The molecule has 1 aliphatic rings. The molecule has 0 saturated heterocycles. The molecule has 0 radical (unpaired) electrons. The molecule has 0 heterocycles. The Hall–Kier alpha value is -1.56. The minimum absolute atomic E-state index is 0.118. The van der Waals surface area contributed by atoms with Crippen molar-refractivity contribution < 1.29 is 0 Å². The fourth-order valence-electron chi connectivity index (χ4n) is 4.39. The van der Waals surface area contributed by atoms with Gasteiger partial charge in [-0.15, -0.1) is 0 Å². The van der Waals surface area contributed by atoms with Crippen molar-refractivity contribution in [1.29, 1.82) is 0 Å². The molecule has 1 aromatic rings. The number of hydrogen-bond donors (Lipinski definition) is 0. The second kappa shape index (κ2) is 6.28. The van der Waals surface area contributed by atoms with Crippen molar-refractivity contribution in [2.24, 2.45) is 5.41 Å². The van der Waals surface area contributed by atoms with Crippen LogP contribution in [0.1, 0.15) is 64.5 Å². The van der Waals surface area contributed by atoms with E-state index in [1.165, 1.54) is 12.0 Å². The highest BCUT2D eigenvalue weighted by Gasteiger charge is 2.42. The third-order valence-corrected chi connectivity index (χ3v) is 5.20. The van der Waals surface area contributed by atoms with Gasteiger partial charge in [-0.05, 0) is 53.2 Å². The topological polar surface area (TPSA) is 0 Å². The molecule has 0 bridgehead atoms. The number of rotatable bonds is 5. The number of benzene rings is 1. The Morgan fingerprint density at radius 2 is 2.05 bits per heavy atom. The van der Waals surface area contributed by atoms with Crippen LogP contribution in [0.25, 0.3) is 0 Å². The van der Waals surface area contributed by atoms with Gasteiger partial charge in [0.05, 0.1) is 0 Å². The van der Waals surface area contributed by atoms with E-state index in [1.807, 2.05) is 6.08 Å². The van der Waals surface area contributed by atoms with Crippen LogP contribution in [0.3, 0.4) is 0 Å². The molecule has 0 nitrogen and oxygen atoms in total. The Balaban J connectivity index is 2.35. The van der Waals surface area contributed by atoms with E-state index in [0.29, 0.717) is 5.92 Å². The van der Waals surface area contributed by atoms with Gasteiger partial charge in [-0.2, -0.15) is 0 Å². The summed E-state index contributed by atoms with van der Waals surface area (Å²) < 4.78 is 0. The highest BCUT2D eigenvalue weighted by atomic mass is 14.5. The lowest BCUT2D eigenvalue weighted by Gasteiger charge is -2.37. The molecule has 0 spiro atoms. The highest BCUT2D eigenvalue weighted by Crippen LogP contribution is 2.52. The average molecular weight is 294 g/mol. The first-order valence-electron chi connectivity index (χ1n) is 8.39. The molecule has 0 saturated carbocycles. The Morgan fingerprint density at radius 3 is 2.68 bits per heavy atom. The molecule has 22 heavy (non-hydrogen) atoms. The fraction of sp³-hybridized carbons (Fsp3) is 0.455. The normalized spacial score (nSPS) is 25.5. The van der Waals surface area contributed by atoms with Crippen molar-refractivity contribution in [3.05, 3.63) is 71.8 Å². The molecule has 2 rings (SSSR count). The minimum atomic E-state index is 0.118. The maximum atomic E-state index is 4.03. The van der Waals surface area contributed by atoms with E-state index in [4.69, 9.17) is 0 Å². The molecule has 118 valence electrons. The molecule has 0 amide bonds. The zero-order valence-corrected chi connectivity index (χ0v) is 14.8. The van der Waals surface area contributed by atoms with Gasteiger partial charge < -0.3 is 0 Å². The summed E-state index contributed by atoms with van der Waals surface area (Å²) in [7, 11) is 0. The van der Waals surface area contributed by atoms with E-state index in [0.717, 1.165) is 6.42 Å². The van der Waals surface area contributed by atoms with Crippen molar-refractivity contribution >= 4 is 0 Å². The predicted molar refractivity (Wildman–Crippen MR) is 98.3 cm³/mol. The molecule has 0 aromatic heterocycles. The Bertz CT molecular complexity index is 600. The molecule has 0 fully saturated rings. The third kappa shape index (κ3) is 3.11. The molecular formula is C22H30. The van der Waals surface area contributed by atoms with E-state index in [1.54, 1.807) is 11.1 Å². The zero-order chi connectivity index (χ0) is 16.4. The van der Waals surface area contributed by atoms with Crippen LogP contribution in [0, 0.1) is 5.41 Å². The maximum absolute atomic E-state index is 4.03. The lowest BCUT2D eigenvalue weighted by Crippen LogP contribution is -2.28. The lowest BCUT2D eigenvalue weighted by atomic mass is 9.67. The van der Waals surface area contributed by atoms with Gasteiger partial charge in [0.25, 0.3) is 0 Å². The van der Waals surface area contributed by atoms with Crippen LogP contribution >= 0.6 is 0 Å². The smallest absolute Gasteiger partial charge is 0.00585 e. The van der Waals surface area contributed by atoms with Crippen LogP contribution in [-0.4, -0.2) is 0 Å². The first kappa shape index (κ1) is 16.8. The van der Waals surface area contributed by atoms with Crippen molar-refractivity contribution in [3.8, 4) is 0 Å². The summed E-state index contributed by atoms with van der Waals surface area (Å²) in [6.07, 6.45) is 10.8. The van der Waals surface area contributed by atoms with Crippen molar-refractivity contribution in [2.45, 2.75) is 58.8 Å².